The number of likely N-dealkylation sites (tertiary alicyclic amines) is 1. The van der Waals surface area contributed by atoms with Crippen LogP contribution in [-0.2, 0) is 11.3 Å². The Morgan fingerprint density at radius 3 is 2.95 bits per heavy atom. The maximum Gasteiger partial charge on any atom is 0.289 e. The van der Waals surface area contributed by atoms with Crippen LogP contribution < -0.4 is 5.32 Å². The molecule has 1 aromatic heterocycles. The number of hydrogen-bond donors (Lipinski definition) is 1. The Morgan fingerprint density at radius 1 is 1.38 bits per heavy atom. The molecule has 0 radical (unpaired) electrons. The summed E-state index contributed by atoms with van der Waals surface area (Å²) >= 11 is 0. The van der Waals surface area contributed by atoms with Gasteiger partial charge in [-0.1, -0.05) is 0 Å². The topological polar surface area (TPSA) is 58.0 Å². The molecule has 3 rings (SSSR count). The molecule has 0 aliphatic carbocycles. The molecule has 0 bridgehead atoms. The van der Waals surface area contributed by atoms with Gasteiger partial charge in [-0.3, -0.25) is 9.69 Å². The predicted molar refractivity (Wildman–Crippen MR) is 78.2 cm³/mol. The average Bonchev–Trinajstić information content (AvgIpc) is 3.17. The van der Waals surface area contributed by atoms with Gasteiger partial charge < -0.3 is 19.4 Å². The lowest BCUT2D eigenvalue weighted by Gasteiger charge is -2.32. The second-order valence-electron chi connectivity index (χ2n) is 5.68. The van der Waals surface area contributed by atoms with E-state index in [9.17, 15) is 4.79 Å². The lowest BCUT2D eigenvalue weighted by Crippen LogP contribution is -2.49. The molecule has 2 saturated heterocycles. The zero-order valence-corrected chi connectivity index (χ0v) is 12.5. The van der Waals surface area contributed by atoms with E-state index in [0.29, 0.717) is 24.2 Å². The standard InChI is InChI=1S/C15H23N3O3/c1-20-11-13-2-3-14(21-13)15(19)18-7-4-12(10-18)17-8-5-16-6-9-17/h2-3,12,16H,4-11H2,1H3. The van der Waals surface area contributed by atoms with Crippen LogP contribution in [0.2, 0.25) is 0 Å². The molecule has 1 aromatic rings. The molecule has 116 valence electrons. The Bertz CT molecular complexity index is 482. The minimum absolute atomic E-state index is 0.00464. The number of carbonyl (C=O) groups is 1. The van der Waals surface area contributed by atoms with Crippen LogP contribution in [0, 0.1) is 0 Å². The SMILES string of the molecule is COCc1ccc(C(=O)N2CCC(N3CCNCC3)C2)o1. The molecule has 6 heteroatoms. The van der Waals surface area contributed by atoms with Gasteiger partial charge in [0.1, 0.15) is 12.4 Å². The number of ether oxygens (including phenoxy) is 1. The third kappa shape index (κ3) is 3.28. The summed E-state index contributed by atoms with van der Waals surface area (Å²) in [7, 11) is 1.61. The van der Waals surface area contributed by atoms with Gasteiger partial charge in [0.15, 0.2) is 5.76 Å². The van der Waals surface area contributed by atoms with Crippen molar-refractivity contribution in [3.05, 3.63) is 23.7 Å². The van der Waals surface area contributed by atoms with Crippen molar-refractivity contribution in [1.29, 1.82) is 0 Å². The van der Waals surface area contributed by atoms with E-state index < -0.39 is 0 Å². The second kappa shape index (κ2) is 6.60. The normalized spacial score (nSPS) is 23.7. The first-order valence-electron chi connectivity index (χ1n) is 7.59. The number of hydrogen-bond acceptors (Lipinski definition) is 5. The fraction of sp³-hybridized carbons (Fsp3) is 0.667. The zero-order chi connectivity index (χ0) is 14.7. The average molecular weight is 293 g/mol. The number of nitrogens with zero attached hydrogens (tertiary/aromatic N) is 2. The second-order valence-corrected chi connectivity index (χ2v) is 5.68. The van der Waals surface area contributed by atoms with Crippen molar-refractivity contribution in [2.24, 2.45) is 0 Å². The van der Waals surface area contributed by atoms with Crippen LogP contribution in [0.25, 0.3) is 0 Å². The van der Waals surface area contributed by atoms with Crippen LogP contribution in [-0.4, -0.2) is 68.1 Å². The number of piperazine rings is 1. The summed E-state index contributed by atoms with van der Waals surface area (Å²) in [6, 6.07) is 4.04. The highest BCUT2D eigenvalue weighted by molar-refractivity contribution is 5.91. The first-order chi connectivity index (χ1) is 10.3. The predicted octanol–water partition coefficient (Wildman–Crippen LogP) is 0.546. The molecule has 2 aliphatic heterocycles. The summed E-state index contributed by atoms with van der Waals surface area (Å²) in [4.78, 5) is 16.8. The largest absolute Gasteiger partial charge is 0.453 e. The van der Waals surface area contributed by atoms with Crippen LogP contribution >= 0.6 is 0 Å². The first-order valence-corrected chi connectivity index (χ1v) is 7.59. The molecule has 6 nitrogen and oxygen atoms in total. The summed E-state index contributed by atoms with van der Waals surface area (Å²) in [6.45, 7) is 6.26. The molecule has 1 N–H and O–H groups in total. The van der Waals surface area contributed by atoms with E-state index >= 15 is 0 Å². The molecule has 2 aliphatic rings. The minimum Gasteiger partial charge on any atom is -0.453 e. The van der Waals surface area contributed by atoms with E-state index in [0.717, 1.165) is 45.7 Å². The van der Waals surface area contributed by atoms with Crippen molar-refractivity contribution in [2.45, 2.75) is 19.1 Å². The van der Waals surface area contributed by atoms with E-state index in [1.54, 1.807) is 19.2 Å². The fourth-order valence-corrected chi connectivity index (χ4v) is 3.14. The quantitative estimate of drug-likeness (QED) is 0.878. The number of rotatable bonds is 4. The highest BCUT2D eigenvalue weighted by Gasteiger charge is 2.32. The van der Waals surface area contributed by atoms with E-state index in [1.165, 1.54) is 0 Å². The van der Waals surface area contributed by atoms with Crippen molar-refractivity contribution in [3.63, 3.8) is 0 Å². The number of nitrogens with one attached hydrogen (secondary N) is 1. The maximum absolute atomic E-state index is 12.5. The van der Waals surface area contributed by atoms with Gasteiger partial charge in [0, 0.05) is 52.4 Å². The van der Waals surface area contributed by atoms with Gasteiger partial charge in [0.25, 0.3) is 5.91 Å². The number of carbonyl (C=O) groups excluding carboxylic acids is 1. The van der Waals surface area contributed by atoms with Gasteiger partial charge in [-0.2, -0.15) is 0 Å². The van der Waals surface area contributed by atoms with E-state index in [1.807, 2.05) is 4.90 Å². The van der Waals surface area contributed by atoms with Crippen molar-refractivity contribution >= 4 is 5.91 Å². The Morgan fingerprint density at radius 2 is 2.19 bits per heavy atom. The van der Waals surface area contributed by atoms with Crippen LogP contribution in [0.4, 0.5) is 0 Å². The Hall–Kier alpha value is -1.37. The van der Waals surface area contributed by atoms with Gasteiger partial charge in [-0.25, -0.2) is 0 Å². The molecule has 3 heterocycles. The summed E-state index contributed by atoms with van der Waals surface area (Å²) in [5.74, 6) is 1.11. The van der Waals surface area contributed by atoms with Gasteiger partial charge >= 0.3 is 0 Å². The molecule has 0 spiro atoms. The summed E-state index contributed by atoms with van der Waals surface area (Å²) < 4.78 is 10.6. The summed E-state index contributed by atoms with van der Waals surface area (Å²) in [5.41, 5.74) is 0. The third-order valence-electron chi connectivity index (χ3n) is 4.28. The first kappa shape index (κ1) is 14.6. The monoisotopic (exact) mass is 293 g/mol. The van der Waals surface area contributed by atoms with E-state index in [4.69, 9.17) is 9.15 Å². The molecule has 1 amide bonds. The van der Waals surface area contributed by atoms with Crippen LogP contribution in [0.15, 0.2) is 16.5 Å². The number of methoxy groups -OCH3 is 1. The van der Waals surface area contributed by atoms with Crippen molar-refractivity contribution in [2.75, 3.05) is 46.4 Å². The van der Waals surface area contributed by atoms with Gasteiger partial charge in [0.05, 0.1) is 0 Å². The Kier molecular flexibility index (Phi) is 4.57. The molecular weight excluding hydrogens is 270 g/mol. The maximum atomic E-state index is 12.5. The minimum atomic E-state index is -0.00464. The van der Waals surface area contributed by atoms with Crippen molar-refractivity contribution in [1.82, 2.24) is 15.1 Å². The number of amides is 1. The van der Waals surface area contributed by atoms with Crippen LogP contribution in [0.1, 0.15) is 22.7 Å². The van der Waals surface area contributed by atoms with E-state index in [2.05, 4.69) is 10.2 Å². The third-order valence-corrected chi connectivity index (χ3v) is 4.28. The Labute approximate surface area is 125 Å². The van der Waals surface area contributed by atoms with Gasteiger partial charge in [-0.05, 0) is 18.6 Å². The molecule has 1 unspecified atom stereocenters. The highest BCUT2D eigenvalue weighted by atomic mass is 16.5. The number of furan rings is 1. The molecule has 2 fully saturated rings. The summed E-state index contributed by atoms with van der Waals surface area (Å²) in [6.07, 6.45) is 1.05. The smallest absolute Gasteiger partial charge is 0.289 e. The van der Waals surface area contributed by atoms with Crippen LogP contribution in [0.3, 0.4) is 0 Å². The lowest BCUT2D eigenvalue weighted by molar-refractivity contribution is 0.0734. The molecular formula is C15H23N3O3. The van der Waals surface area contributed by atoms with E-state index in [-0.39, 0.29) is 5.91 Å². The lowest BCUT2D eigenvalue weighted by atomic mass is 10.2. The van der Waals surface area contributed by atoms with Gasteiger partial charge in [-0.15, -0.1) is 0 Å². The zero-order valence-electron chi connectivity index (χ0n) is 12.5. The Balaban J connectivity index is 1.58. The molecule has 0 aromatic carbocycles. The van der Waals surface area contributed by atoms with Crippen LogP contribution in [0.5, 0.6) is 0 Å². The van der Waals surface area contributed by atoms with Crippen molar-refractivity contribution in [3.8, 4) is 0 Å². The van der Waals surface area contributed by atoms with Gasteiger partial charge in [0.2, 0.25) is 0 Å². The molecule has 1 atom stereocenters. The molecule has 0 saturated carbocycles. The summed E-state index contributed by atoms with van der Waals surface area (Å²) in [5, 5.41) is 3.36. The molecule has 21 heavy (non-hydrogen) atoms. The fourth-order valence-electron chi connectivity index (χ4n) is 3.14. The highest BCUT2D eigenvalue weighted by Crippen LogP contribution is 2.19. The van der Waals surface area contributed by atoms with Crippen molar-refractivity contribution < 1.29 is 13.9 Å².